The molecule has 1 fully saturated rings. The second kappa shape index (κ2) is 7.81. The summed E-state index contributed by atoms with van der Waals surface area (Å²) in [5.41, 5.74) is 2.45. The van der Waals surface area contributed by atoms with Crippen molar-refractivity contribution < 1.29 is 14.3 Å². The Morgan fingerprint density at radius 1 is 1.17 bits per heavy atom. The highest BCUT2D eigenvalue weighted by atomic mass is 32.2. The molecule has 3 nitrogen and oxygen atoms in total. The molecule has 24 heavy (non-hydrogen) atoms. The van der Waals surface area contributed by atoms with Crippen molar-refractivity contribution in [2.45, 2.75) is 35.5 Å². The fraction of sp³-hybridized carbons (Fsp3) is 0.316. The van der Waals surface area contributed by atoms with Crippen LogP contribution in [0.15, 0.2) is 57.4 Å². The molecular weight excluding hydrogens is 325 g/mol. The zero-order chi connectivity index (χ0) is 16.9. The zero-order valence-electron chi connectivity index (χ0n) is 13.5. The third-order valence-corrected chi connectivity index (χ3v) is 5.18. The summed E-state index contributed by atoms with van der Waals surface area (Å²) in [7, 11) is 0. The number of nitrogens with zero attached hydrogens (tertiary/aromatic N) is 1. The molecule has 126 valence electrons. The summed E-state index contributed by atoms with van der Waals surface area (Å²) in [5, 5.41) is 12.1. The van der Waals surface area contributed by atoms with Gasteiger partial charge in [0, 0.05) is 28.6 Å². The number of ether oxygens (including phenoxy) is 1. The molecule has 1 saturated heterocycles. The van der Waals surface area contributed by atoms with E-state index in [-0.39, 0.29) is 5.82 Å². The average Bonchev–Trinajstić information content (AvgIpc) is 2.61. The Kier molecular flexibility index (Phi) is 5.53. The molecule has 0 aromatic heterocycles. The largest absolute Gasteiger partial charge is 0.411 e. The van der Waals surface area contributed by atoms with Gasteiger partial charge in [0.05, 0.1) is 5.71 Å². The van der Waals surface area contributed by atoms with Crippen molar-refractivity contribution in [2.24, 2.45) is 5.16 Å². The Morgan fingerprint density at radius 3 is 2.71 bits per heavy atom. The molecule has 1 heterocycles. The van der Waals surface area contributed by atoms with Gasteiger partial charge in [0.1, 0.15) is 5.82 Å². The van der Waals surface area contributed by atoms with Crippen LogP contribution in [0.25, 0.3) is 0 Å². The van der Waals surface area contributed by atoms with Crippen LogP contribution in [0.2, 0.25) is 0 Å². The third kappa shape index (κ3) is 4.16. The Balaban J connectivity index is 1.83. The topological polar surface area (TPSA) is 41.8 Å². The number of halogens is 1. The molecule has 0 spiro atoms. The van der Waals surface area contributed by atoms with E-state index in [0.29, 0.717) is 11.6 Å². The first kappa shape index (κ1) is 17.0. The van der Waals surface area contributed by atoms with E-state index in [9.17, 15) is 4.39 Å². The van der Waals surface area contributed by atoms with Crippen LogP contribution in [0.3, 0.4) is 0 Å². The maximum atomic E-state index is 14.1. The molecule has 1 aliphatic heterocycles. The first-order valence-electron chi connectivity index (χ1n) is 8.01. The summed E-state index contributed by atoms with van der Waals surface area (Å²) in [5.74, 6) is 0.162. The van der Waals surface area contributed by atoms with Crippen molar-refractivity contribution in [1.29, 1.82) is 0 Å². The van der Waals surface area contributed by atoms with Gasteiger partial charge < -0.3 is 9.94 Å². The van der Waals surface area contributed by atoms with E-state index in [0.717, 1.165) is 47.0 Å². The Morgan fingerprint density at radius 2 is 1.96 bits per heavy atom. The summed E-state index contributed by atoms with van der Waals surface area (Å²) in [6.07, 6.45) is 1.88. The summed E-state index contributed by atoms with van der Waals surface area (Å²) < 4.78 is 19.4. The molecule has 2 aromatic carbocycles. The minimum Gasteiger partial charge on any atom is -0.411 e. The lowest BCUT2D eigenvalue weighted by Crippen LogP contribution is -2.14. The van der Waals surface area contributed by atoms with Crippen molar-refractivity contribution in [3.8, 4) is 0 Å². The molecule has 0 atom stereocenters. The SMILES string of the molecule is C/C(=N\O)c1cccc(Sc2cc(F)cc(C3CCOCC3)c2)c1. The van der Waals surface area contributed by atoms with E-state index in [2.05, 4.69) is 11.2 Å². The van der Waals surface area contributed by atoms with E-state index in [4.69, 9.17) is 9.94 Å². The van der Waals surface area contributed by atoms with E-state index in [1.165, 1.54) is 11.8 Å². The molecule has 1 N–H and O–H groups in total. The monoisotopic (exact) mass is 345 g/mol. The number of hydrogen-bond donors (Lipinski definition) is 1. The van der Waals surface area contributed by atoms with E-state index >= 15 is 0 Å². The molecular formula is C19H20FNO2S. The zero-order valence-corrected chi connectivity index (χ0v) is 14.4. The highest BCUT2D eigenvalue weighted by Crippen LogP contribution is 2.34. The molecule has 0 radical (unpaired) electrons. The minimum absolute atomic E-state index is 0.203. The van der Waals surface area contributed by atoms with Crippen LogP contribution in [-0.4, -0.2) is 24.1 Å². The molecule has 3 rings (SSSR count). The molecule has 0 aliphatic carbocycles. The molecule has 0 amide bonds. The van der Waals surface area contributed by atoms with Crippen molar-refractivity contribution >= 4 is 17.5 Å². The second-order valence-electron chi connectivity index (χ2n) is 5.92. The highest BCUT2D eigenvalue weighted by molar-refractivity contribution is 7.99. The van der Waals surface area contributed by atoms with Gasteiger partial charge in [0.2, 0.25) is 0 Å². The lowest BCUT2D eigenvalue weighted by Gasteiger charge is -2.22. The normalized spacial score (nSPS) is 16.3. The third-order valence-electron chi connectivity index (χ3n) is 4.22. The van der Waals surface area contributed by atoms with Crippen molar-refractivity contribution in [3.63, 3.8) is 0 Å². The van der Waals surface area contributed by atoms with Gasteiger partial charge in [-0.1, -0.05) is 29.1 Å². The lowest BCUT2D eigenvalue weighted by molar-refractivity contribution is 0.0852. The van der Waals surface area contributed by atoms with Gasteiger partial charge in [-0.25, -0.2) is 4.39 Å². The summed E-state index contributed by atoms with van der Waals surface area (Å²) in [6, 6.07) is 13.0. The van der Waals surface area contributed by atoms with Crippen LogP contribution in [0.4, 0.5) is 4.39 Å². The van der Waals surface area contributed by atoms with Crippen LogP contribution in [-0.2, 0) is 4.74 Å². The Labute approximate surface area is 145 Å². The van der Waals surface area contributed by atoms with Crippen LogP contribution in [0.5, 0.6) is 0 Å². The van der Waals surface area contributed by atoms with Gasteiger partial charge >= 0.3 is 0 Å². The highest BCUT2D eigenvalue weighted by Gasteiger charge is 2.17. The predicted octanol–water partition coefficient (Wildman–Crippen LogP) is 5.07. The maximum absolute atomic E-state index is 14.1. The average molecular weight is 345 g/mol. The molecule has 0 bridgehead atoms. The van der Waals surface area contributed by atoms with Crippen LogP contribution < -0.4 is 0 Å². The fourth-order valence-electron chi connectivity index (χ4n) is 2.89. The summed E-state index contributed by atoms with van der Waals surface area (Å²) in [4.78, 5) is 1.87. The van der Waals surface area contributed by atoms with Crippen molar-refractivity contribution in [1.82, 2.24) is 0 Å². The molecule has 5 heteroatoms. The van der Waals surface area contributed by atoms with Gasteiger partial charge in [-0.15, -0.1) is 0 Å². The first-order valence-corrected chi connectivity index (χ1v) is 8.82. The smallest absolute Gasteiger partial charge is 0.124 e. The fourth-order valence-corrected chi connectivity index (χ4v) is 3.86. The Hall–Kier alpha value is -1.85. The number of rotatable bonds is 4. The number of hydrogen-bond acceptors (Lipinski definition) is 4. The summed E-state index contributed by atoms with van der Waals surface area (Å²) >= 11 is 1.51. The van der Waals surface area contributed by atoms with Gasteiger partial charge in [-0.3, -0.25) is 0 Å². The Bertz CT molecular complexity index is 742. The van der Waals surface area contributed by atoms with Crippen LogP contribution in [0, 0.1) is 5.82 Å². The predicted molar refractivity (Wildman–Crippen MR) is 93.8 cm³/mol. The van der Waals surface area contributed by atoms with Gasteiger partial charge in [0.25, 0.3) is 0 Å². The molecule has 2 aromatic rings. The lowest BCUT2D eigenvalue weighted by atomic mass is 9.92. The first-order chi connectivity index (χ1) is 11.7. The molecule has 0 saturated carbocycles. The quantitative estimate of drug-likeness (QED) is 0.478. The standard InChI is InChI=1S/C19H20FNO2S/c1-13(21-22)15-3-2-4-18(10-15)24-19-11-16(9-17(20)12-19)14-5-7-23-8-6-14/h2-4,9-12,14,22H,5-8H2,1H3/b21-13+. The minimum atomic E-state index is -0.203. The molecule has 0 unspecified atom stereocenters. The second-order valence-corrected chi connectivity index (χ2v) is 7.07. The van der Waals surface area contributed by atoms with Gasteiger partial charge in [0.15, 0.2) is 0 Å². The van der Waals surface area contributed by atoms with E-state index < -0.39 is 0 Å². The van der Waals surface area contributed by atoms with E-state index in [1.54, 1.807) is 19.1 Å². The number of oxime groups is 1. The van der Waals surface area contributed by atoms with Crippen LogP contribution in [0.1, 0.15) is 36.8 Å². The van der Waals surface area contributed by atoms with Crippen molar-refractivity contribution in [2.75, 3.05) is 13.2 Å². The van der Waals surface area contributed by atoms with Gasteiger partial charge in [-0.2, -0.15) is 0 Å². The van der Waals surface area contributed by atoms with Crippen molar-refractivity contribution in [3.05, 3.63) is 59.4 Å². The van der Waals surface area contributed by atoms with Gasteiger partial charge in [-0.05, 0) is 61.6 Å². The summed E-state index contributed by atoms with van der Waals surface area (Å²) in [6.45, 7) is 3.23. The number of benzene rings is 2. The van der Waals surface area contributed by atoms with E-state index in [1.807, 2.05) is 24.3 Å². The maximum Gasteiger partial charge on any atom is 0.124 e. The molecule has 1 aliphatic rings. The van der Waals surface area contributed by atoms with Crippen LogP contribution >= 0.6 is 11.8 Å².